The van der Waals surface area contributed by atoms with E-state index in [-0.39, 0.29) is 22.8 Å². The fourth-order valence-electron chi connectivity index (χ4n) is 3.31. The van der Waals surface area contributed by atoms with Crippen LogP contribution in [0.5, 0.6) is 0 Å². The number of carbonyl (C=O) groups is 2. The van der Waals surface area contributed by atoms with Gasteiger partial charge in [-0.05, 0) is 46.8 Å². The first kappa shape index (κ1) is 22.6. The van der Waals surface area contributed by atoms with Gasteiger partial charge in [0.15, 0.2) is 15.0 Å². The number of benzene rings is 1. The standard InChI is InChI=1S/C20H27N3O5S2/c1-12-6-8-14(9-7-12)23-15-10-30(26,27)11-16(15)29-18(23)22-17(24)13(2)21-19(25)28-20(3,4)5/h6-9,13,15-16H,10-11H2,1-5H3,(H,21,25)/t13-,15+,16-/m0/s1. The van der Waals surface area contributed by atoms with Crippen LogP contribution in [-0.4, -0.2) is 60.0 Å². The monoisotopic (exact) mass is 453 g/mol. The van der Waals surface area contributed by atoms with Crippen LogP contribution >= 0.6 is 11.8 Å². The predicted octanol–water partition coefficient (Wildman–Crippen LogP) is 2.51. The van der Waals surface area contributed by atoms with E-state index >= 15 is 0 Å². The summed E-state index contributed by atoms with van der Waals surface area (Å²) in [4.78, 5) is 30.7. The number of aliphatic imine (C=N–C) groups is 1. The molecule has 0 aromatic heterocycles. The number of hydrogen-bond acceptors (Lipinski definition) is 6. The molecule has 3 rings (SSSR count). The van der Waals surface area contributed by atoms with Gasteiger partial charge in [-0.2, -0.15) is 4.99 Å². The highest BCUT2D eigenvalue weighted by Gasteiger charge is 2.49. The normalized spacial score (nSPS) is 25.1. The van der Waals surface area contributed by atoms with Crippen molar-refractivity contribution in [2.75, 3.05) is 16.4 Å². The van der Waals surface area contributed by atoms with Gasteiger partial charge in [0, 0.05) is 10.9 Å². The average Bonchev–Trinajstić information content (AvgIpc) is 3.04. The molecule has 0 unspecified atom stereocenters. The molecule has 8 nitrogen and oxygen atoms in total. The van der Waals surface area contributed by atoms with Gasteiger partial charge in [0.05, 0.1) is 17.5 Å². The van der Waals surface area contributed by atoms with Gasteiger partial charge in [0.25, 0.3) is 5.91 Å². The number of alkyl carbamates (subject to hydrolysis) is 1. The van der Waals surface area contributed by atoms with E-state index in [1.165, 1.54) is 18.7 Å². The van der Waals surface area contributed by atoms with E-state index in [1.54, 1.807) is 20.8 Å². The fourth-order valence-corrected chi connectivity index (χ4v) is 7.23. The van der Waals surface area contributed by atoms with Crippen molar-refractivity contribution in [1.29, 1.82) is 0 Å². The third-order valence-electron chi connectivity index (χ3n) is 4.69. The first-order valence-corrected chi connectivity index (χ1v) is 12.4. The minimum Gasteiger partial charge on any atom is -0.444 e. The minimum atomic E-state index is -3.13. The third-order valence-corrected chi connectivity index (χ3v) is 7.90. The summed E-state index contributed by atoms with van der Waals surface area (Å²) in [5, 5.41) is 2.76. The van der Waals surface area contributed by atoms with Crippen molar-refractivity contribution in [3.05, 3.63) is 29.8 Å². The average molecular weight is 454 g/mol. The number of nitrogens with one attached hydrogen (secondary N) is 1. The summed E-state index contributed by atoms with van der Waals surface area (Å²) in [5.74, 6) is -0.440. The highest BCUT2D eigenvalue weighted by Crippen LogP contribution is 2.41. The van der Waals surface area contributed by atoms with Crippen LogP contribution in [0.4, 0.5) is 10.5 Å². The second kappa shape index (κ2) is 8.22. The maximum atomic E-state index is 12.7. The molecule has 0 spiro atoms. The lowest BCUT2D eigenvalue weighted by molar-refractivity contribution is -0.119. The van der Waals surface area contributed by atoms with Crippen molar-refractivity contribution in [3.8, 4) is 0 Å². The first-order valence-electron chi connectivity index (χ1n) is 9.70. The van der Waals surface area contributed by atoms with Crippen LogP contribution in [0.3, 0.4) is 0 Å². The van der Waals surface area contributed by atoms with Crippen molar-refractivity contribution in [1.82, 2.24) is 5.32 Å². The molecule has 30 heavy (non-hydrogen) atoms. The third kappa shape index (κ3) is 5.34. The summed E-state index contributed by atoms with van der Waals surface area (Å²) >= 11 is 1.30. The van der Waals surface area contributed by atoms with Gasteiger partial charge >= 0.3 is 6.09 Å². The van der Waals surface area contributed by atoms with Crippen molar-refractivity contribution >= 4 is 44.5 Å². The van der Waals surface area contributed by atoms with Crippen LogP contribution in [0, 0.1) is 6.92 Å². The second-order valence-electron chi connectivity index (χ2n) is 8.61. The summed E-state index contributed by atoms with van der Waals surface area (Å²) < 4.78 is 29.5. The molecule has 2 amide bonds. The molecule has 2 fully saturated rings. The maximum absolute atomic E-state index is 12.7. The summed E-state index contributed by atoms with van der Waals surface area (Å²) in [7, 11) is -3.13. The molecule has 0 radical (unpaired) electrons. The Morgan fingerprint density at radius 3 is 2.47 bits per heavy atom. The lowest BCUT2D eigenvalue weighted by Crippen LogP contribution is -2.42. The zero-order chi connectivity index (χ0) is 22.3. The number of carbonyl (C=O) groups excluding carboxylic acids is 2. The summed E-state index contributed by atoms with van der Waals surface area (Å²) in [6, 6.07) is 6.50. The van der Waals surface area contributed by atoms with E-state index in [4.69, 9.17) is 4.74 Å². The van der Waals surface area contributed by atoms with Crippen molar-refractivity contribution in [2.45, 2.75) is 57.6 Å². The number of anilines is 1. The summed E-state index contributed by atoms with van der Waals surface area (Å²) in [6.07, 6.45) is -0.694. The number of fused-ring (bicyclic) bond motifs is 1. The number of rotatable bonds is 3. The lowest BCUT2D eigenvalue weighted by Gasteiger charge is -2.25. The Morgan fingerprint density at radius 2 is 1.87 bits per heavy atom. The Balaban J connectivity index is 1.82. The van der Waals surface area contributed by atoms with E-state index < -0.39 is 33.5 Å². The molecule has 0 aliphatic carbocycles. The number of sulfone groups is 1. The highest BCUT2D eigenvalue weighted by molar-refractivity contribution is 8.16. The number of nitrogens with zero attached hydrogens (tertiary/aromatic N) is 2. The number of aryl methyl sites for hydroxylation is 1. The largest absolute Gasteiger partial charge is 0.444 e. The van der Waals surface area contributed by atoms with Gasteiger partial charge in [-0.25, -0.2) is 13.2 Å². The van der Waals surface area contributed by atoms with Gasteiger partial charge in [-0.1, -0.05) is 29.5 Å². The Hall–Kier alpha value is -2.07. The molecule has 0 bridgehead atoms. The molecule has 3 atom stereocenters. The van der Waals surface area contributed by atoms with E-state index in [0.29, 0.717) is 5.17 Å². The predicted molar refractivity (Wildman–Crippen MR) is 119 cm³/mol. The molecule has 164 valence electrons. The van der Waals surface area contributed by atoms with E-state index in [9.17, 15) is 18.0 Å². The molecule has 2 aliphatic rings. The van der Waals surface area contributed by atoms with E-state index in [2.05, 4.69) is 10.3 Å². The van der Waals surface area contributed by atoms with Gasteiger partial charge in [-0.15, -0.1) is 0 Å². The molecule has 2 aliphatic heterocycles. The van der Waals surface area contributed by atoms with Crippen molar-refractivity contribution in [3.63, 3.8) is 0 Å². The Kier molecular flexibility index (Phi) is 6.20. The quantitative estimate of drug-likeness (QED) is 0.750. The fraction of sp³-hybridized carbons (Fsp3) is 0.550. The van der Waals surface area contributed by atoms with Crippen LogP contribution < -0.4 is 10.2 Å². The number of thioether (sulfide) groups is 1. The van der Waals surface area contributed by atoms with Gasteiger partial charge in [0.2, 0.25) is 0 Å². The molecule has 2 heterocycles. The zero-order valence-corrected chi connectivity index (χ0v) is 19.3. The highest BCUT2D eigenvalue weighted by atomic mass is 32.2. The maximum Gasteiger partial charge on any atom is 0.408 e. The van der Waals surface area contributed by atoms with Crippen molar-refractivity contribution in [2.24, 2.45) is 4.99 Å². The van der Waals surface area contributed by atoms with Crippen LogP contribution in [0.1, 0.15) is 33.3 Å². The van der Waals surface area contributed by atoms with Crippen LogP contribution in [0.15, 0.2) is 29.3 Å². The number of ether oxygens (including phenoxy) is 1. The van der Waals surface area contributed by atoms with Gasteiger partial charge < -0.3 is 15.0 Å². The number of amidine groups is 1. The molecule has 1 aromatic carbocycles. The molecular weight excluding hydrogens is 426 g/mol. The molecule has 0 saturated carbocycles. The summed E-state index contributed by atoms with van der Waals surface area (Å²) in [6.45, 7) is 8.72. The van der Waals surface area contributed by atoms with Crippen LogP contribution in [0.25, 0.3) is 0 Å². The number of amides is 2. The number of hydrogen-bond donors (Lipinski definition) is 1. The topological polar surface area (TPSA) is 105 Å². The van der Waals surface area contributed by atoms with E-state index in [1.807, 2.05) is 36.1 Å². The first-order chi connectivity index (χ1) is 13.8. The molecule has 1 aromatic rings. The Morgan fingerprint density at radius 1 is 1.23 bits per heavy atom. The smallest absolute Gasteiger partial charge is 0.408 e. The molecule has 1 N–H and O–H groups in total. The molecule has 2 saturated heterocycles. The Labute approximate surface area is 181 Å². The van der Waals surface area contributed by atoms with Crippen LogP contribution in [0.2, 0.25) is 0 Å². The minimum absolute atomic E-state index is 0.0253. The van der Waals surface area contributed by atoms with Crippen LogP contribution in [-0.2, 0) is 19.4 Å². The second-order valence-corrected chi connectivity index (χ2v) is 12.0. The lowest BCUT2D eigenvalue weighted by atomic mass is 10.1. The van der Waals surface area contributed by atoms with E-state index in [0.717, 1.165) is 11.3 Å². The zero-order valence-electron chi connectivity index (χ0n) is 17.7. The Bertz CT molecular complexity index is 967. The summed E-state index contributed by atoms with van der Waals surface area (Å²) in [5.41, 5.74) is 1.19. The van der Waals surface area contributed by atoms with Crippen molar-refractivity contribution < 1.29 is 22.7 Å². The SMILES string of the molecule is Cc1ccc(N2C(=NC(=O)[C@H](C)NC(=O)OC(C)(C)C)S[C@H]3CS(=O)(=O)C[C@H]32)cc1. The van der Waals surface area contributed by atoms with Gasteiger partial charge in [0.1, 0.15) is 11.6 Å². The molecule has 10 heteroatoms. The van der Waals surface area contributed by atoms with Gasteiger partial charge in [-0.3, -0.25) is 4.79 Å². The molecular formula is C20H27N3O5S2.